The van der Waals surface area contributed by atoms with Crippen molar-refractivity contribution >= 4 is 0 Å². The van der Waals surface area contributed by atoms with Crippen molar-refractivity contribution in [2.75, 3.05) is 0 Å². The van der Waals surface area contributed by atoms with Crippen LogP contribution in [0.3, 0.4) is 0 Å². The third kappa shape index (κ3) is 2.35. The van der Waals surface area contributed by atoms with Gasteiger partial charge >= 0.3 is 0 Å². The van der Waals surface area contributed by atoms with E-state index in [9.17, 15) is 0 Å². The van der Waals surface area contributed by atoms with Gasteiger partial charge in [-0.2, -0.15) is 0 Å². The van der Waals surface area contributed by atoms with E-state index in [0.29, 0.717) is 6.54 Å². The molecule has 65 valence electrons. The van der Waals surface area contributed by atoms with E-state index in [0.717, 1.165) is 6.42 Å². The lowest BCUT2D eigenvalue weighted by atomic mass is 9.98. The second kappa shape index (κ2) is 4.27. The van der Waals surface area contributed by atoms with Gasteiger partial charge in [-0.15, -0.1) is 0 Å². The van der Waals surface area contributed by atoms with E-state index in [1.165, 1.54) is 17.0 Å². The number of nitrogens with two attached hydrogens (primary N) is 1. The van der Waals surface area contributed by atoms with Gasteiger partial charge in [0.15, 0.2) is 0 Å². The summed E-state index contributed by atoms with van der Waals surface area (Å²) in [6, 6.07) is 8.35. The Labute approximate surface area is 74.6 Å². The summed E-state index contributed by atoms with van der Waals surface area (Å²) in [5.74, 6) is 1.43. The fraction of sp³-hybridized carbons (Fsp3) is 0.364. The zero-order valence-corrected chi connectivity index (χ0v) is 7.80. The smallest absolute Gasteiger partial charge is 0.0180 e. The molecule has 0 aliphatic carbocycles. The van der Waals surface area contributed by atoms with Gasteiger partial charge in [-0.25, -0.2) is 0 Å². The van der Waals surface area contributed by atoms with Gasteiger partial charge in [0.05, 0.1) is 0 Å². The van der Waals surface area contributed by atoms with E-state index in [2.05, 4.69) is 32.0 Å². The van der Waals surface area contributed by atoms with Crippen LogP contribution < -0.4 is 5.73 Å². The third-order valence-electron chi connectivity index (χ3n) is 1.88. The Hall–Kier alpha value is -0.820. The summed E-state index contributed by atoms with van der Waals surface area (Å²) in [5.41, 5.74) is 8.24. The molecule has 1 radical (unpaired) electrons. The summed E-state index contributed by atoms with van der Waals surface area (Å²) in [7, 11) is 0. The van der Waals surface area contributed by atoms with Gasteiger partial charge in [0.1, 0.15) is 0 Å². The van der Waals surface area contributed by atoms with Gasteiger partial charge in [0, 0.05) is 6.54 Å². The van der Waals surface area contributed by atoms with Crippen LogP contribution in [0.25, 0.3) is 0 Å². The Morgan fingerprint density at radius 2 is 1.75 bits per heavy atom. The molecule has 0 saturated heterocycles. The van der Waals surface area contributed by atoms with Crippen LogP contribution in [0, 0.1) is 5.92 Å². The zero-order valence-electron chi connectivity index (χ0n) is 7.80. The maximum absolute atomic E-state index is 5.62. The molecule has 0 saturated carbocycles. The van der Waals surface area contributed by atoms with Crippen LogP contribution >= 0.6 is 0 Å². The lowest BCUT2D eigenvalue weighted by Crippen LogP contribution is -2.03. The van der Waals surface area contributed by atoms with Crippen molar-refractivity contribution in [3.63, 3.8) is 0 Å². The van der Waals surface area contributed by atoms with Crippen LogP contribution in [0.1, 0.15) is 25.0 Å². The van der Waals surface area contributed by atoms with Crippen LogP contribution in [0.15, 0.2) is 24.3 Å². The lowest BCUT2D eigenvalue weighted by Gasteiger charge is -2.08. The molecule has 0 amide bonds. The first-order chi connectivity index (χ1) is 5.74. The van der Waals surface area contributed by atoms with Crippen molar-refractivity contribution in [1.82, 2.24) is 0 Å². The van der Waals surface area contributed by atoms with Gasteiger partial charge in [0.25, 0.3) is 0 Å². The predicted octanol–water partition coefficient (Wildman–Crippen LogP) is 2.30. The molecule has 2 N–H and O–H groups in total. The lowest BCUT2D eigenvalue weighted by molar-refractivity contribution is 0.923. The maximum Gasteiger partial charge on any atom is 0.0180 e. The highest BCUT2D eigenvalue weighted by molar-refractivity contribution is 5.28. The Bertz CT molecular complexity index is 241. The Morgan fingerprint density at radius 3 is 2.25 bits per heavy atom. The number of rotatable bonds is 3. The Morgan fingerprint density at radius 1 is 1.17 bits per heavy atom. The third-order valence-corrected chi connectivity index (χ3v) is 1.88. The molecule has 0 spiro atoms. The van der Waals surface area contributed by atoms with Crippen LogP contribution in [-0.2, 0) is 13.0 Å². The molecule has 1 rings (SSSR count). The normalized spacial score (nSPS) is 10.7. The van der Waals surface area contributed by atoms with Crippen molar-refractivity contribution in [2.45, 2.75) is 26.8 Å². The first-order valence-electron chi connectivity index (χ1n) is 4.30. The SMILES string of the molecule is C[C](C)Cc1ccccc1CN. The molecular formula is C11H16N. The average Bonchev–Trinajstić information content (AvgIpc) is 2.04. The first kappa shape index (κ1) is 9.27. The molecule has 0 unspecified atom stereocenters. The molecular weight excluding hydrogens is 146 g/mol. The highest BCUT2D eigenvalue weighted by atomic mass is 14.5. The van der Waals surface area contributed by atoms with Gasteiger partial charge in [-0.3, -0.25) is 0 Å². The zero-order chi connectivity index (χ0) is 8.97. The van der Waals surface area contributed by atoms with Gasteiger partial charge in [-0.1, -0.05) is 38.1 Å². The molecule has 0 aliphatic heterocycles. The fourth-order valence-electron chi connectivity index (χ4n) is 1.31. The molecule has 0 aromatic heterocycles. The summed E-state index contributed by atoms with van der Waals surface area (Å²) in [6.07, 6.45) is 1.05. The average molecular weight is 162 g/mol. The highest BCUT2D eigenvalue weighted by Crippen LogP contribution is 2.13. The largest absolute Gasteiger partial charge is 0.326 e. The van der Waals surface area contributed by atoms with Crippen LogP contribution in [0.5, 0.6) is 0 Å². The second-order valence-electron chi connectivity index (χ2n) is 3.36. The molecule has 0 aliphatic rings. The van der Waals surface area contributed by atoms with E-state index < -0.39 is 0 Å². The van der Waals surface area contributed by atoms with Gasteiger partial charge in [0.2, 0.25) is 0 Å². The molecule has 1 aromatic carbocycles. The fourth-order valence-corrected chi connectivity index (χ4v) is 1.31. The predicted molar refractivity (Wildman–Crippen MR) is 52.6 cm³/mol. The van der Waals surface area contributed by atoms with Crippen LogP contribution in [0.4, 0.5) is 0 Å². The second-order valence-corrected chi connectivity index (χ2v) is 3.36. The Balaban J connectivity index is 2.82. The molecule has 1 aromatic rings. The number of hydrogen-bond donors (Lipinski definition) is 1. The van der Waals surface area contributed by atoms with Crippen LogP contribution in [0.2, 0.25) is 0 Å². The van der Waals surface area contributed by atoms with Gasteiger partial charge in [-0.05, 0) is 23.5 Å². The highest BCUT2D eigenvalue weighted by Gasteiger charge is 2.01. The molecule has 1 heteroatoms. The topological polar surface area (TPSA) is 26.0 Å². The van der Waals surface area contributed by atoms with E-state index in [-0.39, 0.29) is 0 Å². The minimum absolute atomic E-state index is 0.642. The monoisotopic (exact) mass is 162 g/mol. The van der Waals surface area contributed by atoms with E-state index >= 15 is 0 Å². The minimum atomic E-state index is 0.642. The van der Waals surface area contributed by atoms with Crippen molar-refractivity contribution < 1.29 is 0 Å². The number of hydrogen-bond acceptors (Lipinski definition) is 1. The van der Waals surface area contributed by atoms with Crippen molar-refractivity contribution in [3.8, 4) is 0 Å². The Kier molecular flexibility index (Phi) is 3.30. The van der Waals surface area contributed by atoms with Crippen molar-refractivity contribution in [1.29, 1.82) is 0 Å². The van der Waals surface area contributed by atoms with Crippen molar-refractivity contribution in [2.24, 2.45) is 5.73 Å². The molecule has 0 heterocycles. The quantitative estimate of drug-likeness (QED) is 0.725. The summed E-state index contributed by atoms with van der Waals surface area (Å²) in [6.45, 7) is 4.93. The molecule has 0 bridgehead atoms. The van der Waals surface area contributed by atoms with E-state index in [1.807, 2.05) is 6.07 Å². The molecule has 12 heavy (non-hydrogen) atoms. The van der Waals surface area contributed by atoms with Crippen LogP contribution in [-0.4, -0.2) is 0 Å². The van der Waals surface area contributed by atoms with E-state index in [4.69, 9.17) is 5.73 Å². The van der Waals surface area contributed by atoms with E-state index in [1.54, 1.807) is 0 Å². The first-order valence-corrected chi connectivity index (χ1v) is 4.30. The number of benzene rings is 1. The minimum Gasteiger partial charge on any atom is -0.326 e. The standard InChI is InChI=1S/C11H16N/c1-9(2)7-10-5-3-4-6-11(10)8-12/h3-6H,7-8,12H2,1-2H3. The summed E-state index contributed by atoms with van der Waals surface area (Å²) in [5, 5.41) is 0. The van der Waals surface area contributed by atoms with Crippen molar-refractivity contribution in [3.05, 3.63) is 41.3 Å². The molecule has 0 atom stereocenters. The summed E-state index contributed by atoms with van der Waals surface area (Å²) in [4.78, 5) is 0. The summed E-state index contributed by atoms with van der Waals surface area (Å²) < 4.78 is 0. The molecule has 0 fully saturated rings. The maximum atomic E-state index is 5.62. The summed E-state index contributed by atoms with van der Waals surface area (Å²) >= 11 is 0. The molecule has 1 nitrogen and oxygen atoms in total. The van der Waals surface area contributed by atoms with Gasteiger partial charge < -0.3 is 5.73 Å².